The first-order chi connectivity index (χ1) is 9.56. The van der Waals surface area contributed by atoms with Crippen LogP contribution >= 0.6 is 27.5 Å². The van der Waals surface area contributed by atoms with Crippen LogP contribution in [0.25, 0.3) is 16.6 Å². The fourth-order valence-electron chi connectivity index (χ4n) is 2.19. The van der Waals surface area contributed by atoms with Crippen molar-refractivity contribution in [1.29, 1.82) is 0 Å². The van der Waals surface area contributed by atoms with Crippen molar-refractivity contribution in [1.82, 2.24) is 9.55 Å². The molecule has 0 spiro atoms. The summed E-state index contributed by atoms with van der Waals surface area (Å²) in [5, 5.41) is 1.16. The highest BCUT2D eigenvalue weighted by molar-refractivity contribution is 9.10. The van der Waals surface area contributed by atoms with Crippen LogP contribution in [0.4, 0.5) is 0 Å². The van der Waals surface area contributed by atoms with Crippen molar-refractivity contribution in [2.45, 2.75) is 6.92 Å². The molecule has 2 aromatic carbocycles. The van der Waals surface area contributed by atoms with Gasteiger partial charge in [-0.2, -0.15) is 0 Å². The summed E-state index contributed by atoms with van der Waals surface area (Å²) in [6.07, 6.45) is 0. The zero-order valence-electron chi connectivity index (χ0n) is 10.6. The summed E-state index contributed by atoms with van der Waals surface area (Å²) in [5.41, 5.74) is 1.31. The first kappa shape index (κ1) is 13.3. The third-order valence-electron chi connectivity index (χ3n) is 3.06. The number of rotatable bonds is 1. The zero-order valence-corrected chi connectivity index (χ0v) is 12.9. The second-order valence-corrected chi connectivity index (χ2v) is 5.79. The molecule has 20 heavy (non-hydrogen) atoms. The van der Waals surface area contributed by atoms with Crippen LogP contribution in [0, 0.1) is 6.92 Å². The average Bonchev–Trinajstić information content (AvgIpc) is 2.40. The van der Waals surface area contributed by atoms with Gasteiger partial charge < -0.3 is 0 Å². The minimum atomic E-state index is -0.101. The Bertz CT molecular complexity index is 873. The highest BCUT2D eigenvalue weighted by Gasteiger charge is 2.10. The van der Waals surface area contributed by atoms with Crippen LogP contribution in [-0.4, -0.2) is 9.55 Å². The summed E-state index contributed by atoms with van der Waals surface area (Å²) in [6.45, 7) is 1.81. The SMILES string of the molecule is Cc1nc2ccc(Br)cc2c(=O)n1-c1cccc(Cl)c1. The zero-order chi connectivity index (χ0) is 14.3. The maximum Gasteiger partial charge on any atom is 0.266 e. The number of benzene rings is 2. The Morgan fingerprint density at radius 1 is 1.20 bits per heavy atom. The Morgan fingerprint density at radius 3 is 2.75 bits per heavy atom. The fraction of sp³-hybridized carbons (Fsp3) is 0.0667. The van der Waals surface area contributed by atoms with Gasteiger partial charge in [0, 0.05) is 9.50 Å². The van der Waals surface area contributed by atoms with Gasteiger partial charge in [-0.25, -0.2) is 4.98 Å². The minimum absolute atomic E-state index is 0.101. The Morgan fingerprint density at radius 2 is 2.00 bits per heavy atom. The van der Waals surface area contributed by atoms with E-state index in [1.165, 1.54) is 0 Å². The summed E-state index contributed by atoms with van der Waals surface area (Å²) in [4.78, 5) is 17.2. The molecule has 0 fully saturated rings. The first-order valence-corrected chi connectivity index (χ1v) is 7.18. The lowest BCUT2D eigenvalue weighted by Gasteiger charge is -2.11. The van der Waals surface area contributed by atoms with Crippen molar-refractivity contribution >= 4 is 38.4 Å². The van der Waals surface area contributed by atoms with Gasteiger partial charge in [0.15, 0.2) is 0 Å². The number of hydrogen-bond acceptors (Lipinski definition) is 2. The summed E-state index contributed by atoms with van der Waals surface area (Å²) < 4.78 is 2.42. The summed E-state index contributed by atoms with van der Waals surface area (Å²) >= 11 is 9.38. The molecule has 0 saturated carbocycles. The number of nitrogens with zero attached hydrogens (tertiary/aromatic N) is 2. The van der Waals surface area contributed by atoms with E-state index in [1.54, 1.807) is 22.8 Å². The highest BCUT2D eigenvalue weighted by atomic mass is 79.9. The van der Waals surface area contributed by atoms with Crippen LogP contribution in [0.3, 0.4) is 0 Å². The Kier molecular flexibility index (Phi) is 3.36. The molecule has 100 valence electrons. The maximum absolute atomic E-state index is 12.7. The smallest absolute Gasteiger partial charge is 0.266 e. The maximum atomic E-state index is 12.7. The lowest BCUT2D eigenvalue weighted by Crippen LogP contribution is -2.22. The van der Waals surface area contributed by atoms with E-state index < -0.39 is 0 Å². The second kappa shape index (κ2) is 5.04. The van der Waals surface area contributed by atoms with Crippen molar-refractivity contribution in [2.24, 2.45) is 0 Å². The highest BCUT2D eigenvalue weighted by Crippen LogP contribution is 2.19. The molecule has 0 unspecified atom stereocenters. The third-order valence-corrected chi connectivity index (χ3v) is 3.79. The molecule has 3 aromatic rings. The molecule has 0 saturated heterocycles. The molecule has 0 amide bonds. The van der Waals surface area contributed by atoms with E-state index in [1.807, 2.05) is 31.2 Å². The molecule has 0 aliphatic rings. The van der Waals surface area contributed by atoms with Crippen LogP contribution in [0.1, 0.15) is 5.82 Å². The standard InChI is InChI=1S/C15H10BrClN2O/c1-9-18-14-6-5-10(16)7-13(14)15(20)19(9)12-4-2-3-11(17)8-12/h2-8H,1H3. The van der Waals surface area contributed by atoms with Crippen molar-refractivity contribution in [3.8, 4) is 5.69 Å². The molecule has 3 rings (SSSR count). The van der Waals surface area contributed by atoms with Gasteiger partial charge >= 0.3 is 0 Å². The molecule has 1 aromatic heterocycles. The van der Waals surface area contributed by atoms with Gasteiger partial charge in [0.1, 0.15) is 5.82 Å². The van der Waals surface area contributed by atoms with Gasteiger partial charge in [-0.15, -0.1) is 0 Å². The number of aromatic nitrogens is 2. The number of fused-ring (bicyclic) bond motifs is 1. The Hall–Kier alpha value is -1.65. The van der Waals surface area contributed by atoms with E-state index in [0.717, 1.165) is 10.2 Å². The Balaban J connectivity index is 2.39. The average molecular weight is 350 g/mol. The van der Waals surface area contributed by atoms with E-state index in [-0.39, 0.29) is 5.56 Å². The lowest BCUT2D eigenvalue weighted by molar-refractivity contribution is 0.895. The number of aryl methyl sites for hydroxylation is 1. The van der Waals surface area contributed by atoms with Gasteiger partial charge in [-0.1, -0.05) is 33.6 Å². The van der Waals surface area contributed by atoms with Gasteiger partial charge in [0.25, 0.3) is 5.56 Å². The topological polar surface area (TPSA) is 34.9 Å². The van der Waals surface area contributed by atoms with Gasteiger partial charge in [0.2, 0.25) is 0 Å². The van der Waals surface area contributed by atoms with Crippen LogP contribution in [0.2, 0.25) is 5.02 Å². The predicted octanol–water partition coefficient (Wildman–Crippen LogP) is 4.11. The third kappa shape index (κ3) is 2.25. The molecule has 0 bridgehead atoms. The molecular formula is C15H10BrClN2O. The van der Waals surface area contributed by atoms with Crippen LogP contribution in [0.15, 0.2) is 51.7 Å². The van der Waals surface area contributed by atoms with Gasteiger partial charge in [0.05, 0.1) is 16.6 Å². The largest absolute Gasteiger partial charge is 0.268 e. The molecule has 0 radical (unpaired) electrons. The molecular weight excluding hydrogens is 340 g/mol. The predicted molar refractivity (Wildman–Crippen MR) is 84.8 cm³/mol. The van der Waals surface area contributed by atoms with Crippen molar-refractivity contribution in [3.63, 3.8) is 0 Å². The van der Waals surface area contributed by atoms with E-state index >= 15 is 0 Å². The van der Waals surface area contributed by atoms with Gasteiger partial charge in [-0.3, -0.25) is 9.36 Å². The quantitative estimate of drug-likeness (QED) is 0.662. The van der Waals surface area contributed by atoms with E-state index in [4.69, 9.17) is 11.6 Å². The summed E-state index contributed by atoms with van der Waals surface area (Å²) in [6, 6.07) is 12.7. The normalized spacial score (nSPS) is 10.9. The van der Waals surface area contributed by atoms with Crippen LogP contribution < -0.4 is 5.56 Å². The molecule has 1 heterocycles. The number of halogens is 2. The van der Waals surface area contributed by atoms with E-state index in [2.05, 4.69) is 20.9 Å². The van der Waals surface area contributed by atoms with Crippen molar-refractivity contribution < 1.29 is 0 Å². The van der Waals surface area contributed by atoms with Crippen molar-refractivity contribution in [3.05, 3.63) is 68.1 Å². The van der Waals surface area contributed by atoms with Crippen molar-refractivity contribution in [2.75, 3.05) is 0 Å². The Labute approximate surface area is 129 Å². The molecule has 0 N–H and O–H groups in total. The van der Waals surface area contributed by atoms with Gasteiger partial charge in [-0.05, 0) is 43.3 Å². The number of hydrogen-bond donors (Lipinski definition) is 0. The summed E-state index contributed by atoms with van der Waals surface area (Å²) in [5.74, 6) is 0.632. The molecule has 5 heteroatoms. The second-order valence-electron chi connectivity index (χ2n) is 4.44. The molecule has 0 aliphatic carbocycles. The molecule has 3 nitrogen and oxygen atoms in total. The minimum Gasteiger partial charge on any atom is -0.268 e. The van der Waals surface area contributed by atoms with E-state index in [0.29, 0.717) is 21.7 Å². The van der Waals surface area contributed by atoms with Crippen LogP contribution in [-0.2, 0) is 0 Å². The van der Waals surface area contributed by atoms with Crippen LogP contribution in [0.5, 0.6) is 0 Å². The monoisotopic (exact) mass is 348 g/mol. The summed E-state index contributed by atoms with van der Waals surface area (Å²) in [7, 11) is 0. The first-order valence-electron chi connectivity index (χ1n) is 6.01. The van der Waals surface area contributed by atoms with E-state index in [9.17, 15) is 4.79 Å². The lowest BCUT2D eigenvalue weighted by atomic mass is 10.2. The fourth-order valence-corrected chi connectivity index (χ4v) is 2.73. The molecule has 0 aliphatic heterocycles. The molecule has 0 atom stereocenters.